The summed E-state index contributed by atoms with van der Waals surface area (Å²) in [6, 6.07) is 5.75. The highest BCUT2D eigenvalue weighted by Crippen LogP contribution is 2.59. The highest BCUT2D eigenvalue weighted by molar-refractivity contribution is 7.80. The second-order valence-electron chi connectivity index (χ2n) is 5.22. The van der Waals surface area contributed by atoms with Gasteiger partial charge >= 0.3 is 12.4 Å². The van der Waals surface area contributed by atoms with Crippen LogP contribution < -0.4 is 11.5 Å². The molecule has 2 rings (SSSR count). The summed E-state index contributed by atoms with van der Waals surface area (Å²) in [6.07, 6.45) is -11.6. The van der Waals surface area contributed by atoms with Gasteiger partial charge in [-0.05, 0) is 12.1 Å². The van der Waals surface area contributed by atoms with Crippen LogP contribution in [0, 0.1) is 0 Å². The van der Waals surface area contributed by atoms with Crippen LogP contribution in [0.2, 0.25) is 0 Å². The molecule has 2 nitrogen and oxygen atoms in total. The van der Waals surface area contributed by atoms with E-state index < -0.39 is 40.3 Å². The number of halogens is 6. The lowest BCUT2D eigenvalue weighted by Gasteiger charge is -2.39. The lowest BCUT2D eigenvalue weighted by molar-refractivity contribution is -0.288. The second kappa shape index (κ2) is 6.24. The predicted molar refractivity (Wildman–Crippen MR) is 89.1 cm³/mol. The van der Waals surface area contributed by atoms with Crippen molar-refractivity contribution < 1.29 is 26.3 Å². The Bertz CT molecular complexity index is 734. The molecule has 0 aliphatic heterocycles. The van der Waals surface area contributed by atoms with E-state index in [2.05, 4.69) is 25.3 Å². The first-order chi connectivity index (χ1) is 11.4. The molecule has 0 saturated heterocycles. The van der Waals surface area contributed by atoms with E-state index in [0.717, 1.165) is 12.1 Å². The number of nitrogens with two attached hydrogens (primary N) is 2. The summed E-state index contributed by atoms with van der Waals surface area (Å²) in [4.78, 5) is -0.424. The van der Waals surface area contributed by atoms with Gasteiger partial charge < -0.3 is 11.5 Å². The molecule has 25 heavy (non-hydrogen) atoms. The molecule has 0 spiro atoms. The second-order valence-corrected chi connectivity index (χ2v) is 6.19. The zero-order valence-electron chi connectivity index (χ0n) is 12.3. The van der Waals surface area contributed by atoms with Gasteiger partial charge in [0.1, 0.15) is 0 Å². The van der Waals surface area contributed by atoms with Crippen molar-refractivity contribution in [3.63, 3.8) is 0 Å². The van der Waals surface area contributed by atoms with Gasteiger partial charge in [-0.15, -0.1) is 25.3 Å². The van der Waals surface area contributed by atoms with Crippen LogP contribution in [-0.2, 0) is 5.41 Å². The average molecular weight is 398 g/mol. The van der Waals surface area contributed by atoms with Crippen molar-refractivity contribution in [2.24, 2.45) is 0 Å². The van der Waals surface area contributed by atoms with Gasteiger partial charge in [0.2, 0.25) is 5.41 Å². The Hall–Kier alpha value is -1.68. The van der Waals surface area contributed by atoms with Crippen molar-refractivity contribution in [1.29, 1.82) is 0 Å². The maximum absolute atomic E-state index is 14.0. The number of hydrogen-bond donors (Lipinski definition) is 4. The maximum atomic E-state index is 14.0. The summed E-state index contributed by atoms with van der Waals surface area (Å²) in [6.45, 7) is 0. The van der Waals surface area contributed by atoms with Crippen LogP contribution in [0.15, 0.2) is 46.2 Å². The smallest absolute Gasteiger partial charge is 0.398 e. The highest BCUT2D eigenvalue weighted by atomic mass is 32.1. The predicted octanol–water partition coefficient (Wildman–Crippen LogP) is 4.84. The number of thiol groups is 2. The van der Waals surface area contributed by atoms with Crippen LogP contribution >= 0.6 is 25.3 Å². The third kappa shape index (κ3) is 2.91. The normalized spacial score (nSPS) is 13.1. The number of alkyl halides is 6. The van der Waals surface area contributed by atoms with Gasteiger partial charge in [-0.2, -0.15) is 26.3 Å². The van der Waals surface area contributed by atoms with Crippen LogP contribution in [0.1, 0.15) is 11.1 Å². The minimum Gasteiger partial charge on any atom is -0.398 e. The van der Waals surface area contributed by atoms with Crippen molar-refractivity contribution in [3.05, 3.63) is 47.5 Å². The van der Waals surface area contributed by atoms with Crippen molar-refractivity contribution >= 4 is 36.6 Å². The van der Waals surface area contributed by atoms with E-state index in [0.29, 0.717) is 12.1 Å². The summed E-state index contributed by atoms with van der Waals surface area (Å²) in [5.41, 5.74) is 2.84. The summed E-state index contributed by atoms with van der Waals surface area (Å²) < 4.78 is 83.9. The molecule has 0 aliphatic carbocycles. The summed E-state index contributed by atoms with van der Waals surface area (Å²) in [7, 11) is 0. The first-order valence-electron chi connectivity index (χ1n) is 6.65. The Balaban J connectivity index is 3.09. The Labute approximate surface area is 150 Å². The van der Waals surface area contributed by atoms with Gasteiger partial charge in [0, 0.05) is 32.3 Å². The molecule has 0 bridgehead atoms. The Morgan fingerprint density at radius 1 is 0.640 bits per heavy atom. The molecule has 0 heterocycles. The minimum absolute atomic E-state index is 0.212. The summed E-state index contributed by atoms with van der Waals surface area (Å²) >= 11 is 7.69. The molecular formula is C15H12F6N2S2. The molecule has 2 aromatic rings. The molecule has 0 amide bonds. The fourth-order valence-corrected chi connectivity index (χ4v) is 3.09. The number of nitrogen functional groups attached to an aromatic ring is 2. The number of anilines is 2. The van der Waals surface area contributed by atoms with Crippen LogP contribution in [0.4, 0.5) is 37.7 Å². The first kappa shape index (κ1) is 19.6. The van der Waals surface area contributed by atoms with Gasteiger partial charge in [-0.1, -0.05) is 24.3 Å². The van der Waals surface area contributed by atoms with Crippen LogP contribution in [-0.4, -0.2) is 12.4 Å². The van der Waals surface area contributed by atoms with E-state index in [1.54, 1.807) is 0 Å². The van der Waals surface area contributed by atoms with Gasteiger partial charge in [-0.3, -0.25) is 0 Å². The zero-order chi connectivity index (χ0) is 19.2. The lowest BCUT2D eigenvalue weighted by atomic mass is 9.71. The SMILES string of the molecule is Nc1c(S)cccc1C(c1cccc(S)c1N)(C(F)(F)F)C(F)(F)F. The van der Waals surface area contributed by atoms with E-state index in [9.17, 15) is 26.3 Å². The van der Waals surface area contributed by atoms with Crippen LogP contribution in [0.5, 0.6) is 0 Å². The average Bonchev–Trinajstić information content (AvgIpc) is 2.45. The molecule has 136 valence electrons. The van der Waals surface area contributed by atoms with Crippen molar-refractivity contribution in [1.82, 2.24) is 0 Å². The van der Waals surface area contributed by atoms with Crippen molar-refractivity contribution in [2.45, 2.75) is 27.6 Å². The number of hydrogen-bond acceptors (Lipinski definition) is 4. The standard InChI is InChI=1S/C15H12F6N2S2/c16-14(17,18)13(15(19,20)21,7-3-1-5-9(24)11(7)22)8-4-2-6-10(25)12(8)23/h1-6,24-25H,22-23H2. The first-order valence-corrected chi connectivity index (χ1v) is 7.54. The lowest BCUT2D eigenvalue weighted by Crippen LogP contribution is -2.55. The van der Waals surface area contributed by atoms with E-state index in [1.807, 2.05) is 0 Å². The maximum Gasteiger partial charge on any atom is 0.411 e. The Morgan fingerprint density at radius 3 is 1.24 bits per heavy atom. The van der Waals surface area contributed by atoms with Gasteiger partial charge in [0.15, 0.2) is 0 Å². The number of para-hydroxylation sites is 2. The third-order valence-corrected chi connectivity index (χ3v) is 4.60. The molecule has 0 aliphatic rings. The van der Waals surface area contributed by atoms with E-state index in [4.69, 9.17) is 11.5 Å². The monoisotopic (exact) mass is 398 g/mol. The molecule has 10 heteroatoms. The van der Waals surface area contributed by atoms with Gasteiger partial charge in [0.05, 0.1) is 0 Å². The highest BCUT2D eigenvalue weighted by Gasteiger charge is 2.73. The molecule has 0 aromatic heterocycles. The topological polar surface area (TPSA) is 52.0 Å². The van der Waals surface area contributed by atoms with Gasteiger partial charge in [0.25, 0.3) is 0 Å². The van der Waals surface area contributed by atoms with E-state index >= 15 is 0 Å². The number of benzene rings is 2. The Morgan fingerprint density at radius 2 is 0.960 bits per heavy atom. The number of rotatable bonds is 2. The summed E-state index contributed by atoms with van der Waals surface area (Å²) in [5, 5.41) is 0. The third-order valence-electron chi connectivity index (χ3n) is 3.82. The molecule has 2 aromatic carbocycles. The molecule has 0 fully saturated rings. The largest absolute Gasteiger partial charge is 0.411 e. The quantitative estimate of drug-likeness (QED) is 0.333. The van der Waals surface area contributed by atoms with E-state index in [1.165, 1.54) is 12.1 Å². The fourth-order valence-electron chi connectivity index (χ4n) is 2.68. The Kier molecular flexibility index (Phi) is 4.90. The molecule has 0 saturated carbocycles. The van der Waals surface area contributed by atoms with Crippen molar-refractivity contribution in [2.75, 3.05) is 11.5 Å². The van der Waals surface area contributed by atoms with Crippen LogP contribution in [0.25, 0.3) is 0 Å². The molecule has 4 N–H and O–H groups in total. The van der Waals surface area contributed by atoms with Crippen LogP contribution in [0.3, 0.4) is 0 Å². The van der Waals surface area contributed by atoms with Gasteiger partial charge in [-0.25, -0.2) is 0 Å². The minimum atomic E-state index is -5.78. The fraction of sp³-hybridized carbons (Fsp3) is 0.200. The molecular weight excluding hydrogens is 386 g/mol. The zero-order valence-corrected chi connectivity index (χ0v) is 14.1. The molecule has 0 radical (unpaired) electrons. The molecule has 0 unspecified atom stereocenters. The van der Waals surface area contributed by atoms with E-state index in [-0.39, 0.29) is 9.79 Å². The molecule has 0 atom stereocenters. The summed E-state index contributed by atoms with van der Waals surface area (Å²) in [5.74, 6) is 0. The van der Waals surface area contributed by atoms with Crippen molar-refractivity contribution in [3.8, 4) is 0 Å².